The molecule has 12 heterocycles. The zero-order chi connectivity index (χ0) is 73.6. The van der Waals surface area contributed by atoms with Crippen LogP contribution in [-0.4, -0.2) is 45.1 Å². The molecule has 8 aliphatic heterocycles. The molecule has 0 fully saturated rings. The summed E-state index contributed by atoms with van der Waals surface area (Å²) in [5.41, 5.74) is 35.8. The molecular formula is C100H64B4N4O4. The Labute approximate surface area is 646 Å². The molecular weight excluding hydrogens is 1360 g/mol. The van der Waals surface area contributed by atoms with E-state index in [4.69, 9.17) is 18.9 Å². The highest BCUT2D eigenvalue weighted by Gasteiger charge is 2.46. The molecule has 0 saturated heterocycles. The number of benzene rings is 16. The van der Waals surface area contributed by atoms with E-state index >= 15 is 0 Å². The summed E-state index contributed by atoms with van der Waals surface area (Å²) in [5, 5.41) is 10.4. The van der Waals surface area contributed by atoms with Gasteiger partial charge in [-0.3, -0.25) is 0 Å². The fourth-order valence-electron chi connectivity index (χ4n) is 20.9. The van der Waals surface area contributed by atoms with E-state index in [0.29, 0.717) is 0 Å². The second-order valence-electron chi connectivity index (χ2n) is 31.4. The maximum absolute atomic E-state index is 6.47. The lowest BCUT2D eigenvalue weighted by Crippen LogP contribution is -2.58. The summed E-state index contributed by atoms with van der Waals surface area (Å²) in [5.74, 6) is 7.91. The molecule has 20 aromatic rings. The Morgan fingerprint density at radius 1 is 0.205 bits per heavy atom. The Morgan fingerprint density at radius 3 is 1.07 bits per heavy atom. The van der Waals surface area contributed by atoms with Crippen LogP contribution in [0.3, 0.4) is 0 Å². The van der Waals surface area contributed by atoms with Gasteiger partial charge in [0.05, 0.1) is 44.1 Å². The summed E-state index contributed by atoms with van der Waals surface area (Å²) in [4.78, 5) is 0. The van der Waals surface area contributed by atoms with Crippen molar-refractivity contribution < 1.29 is 18.9 Å². The molecule has 0 N–H and O–H groups in total. The predicted molar refractivity (Wildman–Crippen MR) is 467 cm³/mol. The van der Waals surface area contributed by atoms with E-state index in [0.717, 1.165) is 46.0 Å². The maximum atomic E-state index is 6.47. The first-order valence-electron chi connectivity index (χ1n) is 39.0. The molecule has 0 amide bonds. The zero-order valence-corrected chi connectivity index (χ0v) is 61.8. The van der Waals surface area contributed by atoms with Gasteiger partial charge >= 0.3 is 0 Å². The first-order chi connectivity index (χ1) is 55.3. The number of nitrogens with zero attached hydrogens (tertiary/aromatic N) is 4. The highest BCUT2D eigenvalue weighted by atomic mass is 16.5. The molecule has 4 aromatic heterocycles. The normalized spacial score (nSPS) is 13.4. The zero-order valence-electron chi connectivity index (χ0n) is 61.8. The SMILES string of the molecule is Cc1cc2c3ccccc3n3c2c2c1Oc1ccccc1B2c1ccccc1-3.Cc1ccc2c(c1)B1c3ccccc3-n3c4ccccc4c4ccc(c1c43)O2.Cc1ccc2c(c1)Oc1ccc3c4ccccc4n4c3c1B2c1ccccc1-4.Cc1cccc2c1Oc1ccc3c4ccccc4n4c3c1B2c1ccccc1-4. The molecule has 0 atom stereocenters. The third-order valence-electron chi connectivity index (χ3n) is 25.4. The molecule has 8 nitrogen and oxygen atoms in total. The third kappa shape index (κ3) is 8.29. The number of aromatic nitrogens is 4. The van der Waals surface area contributed by atoms with Crippen LogP contribution >= 0.6 is 0 Å². The Hall–Kier alpha value is -13.8. The molecule has 0 aliphatic carbocycles. The summed E-state index contributed by atoms with van der Waals surface area (Å²) in [7, 11) is 0. The highest BCUT2D eigenvalue weighted by molar-refractivity contribution is 7.01. The molecule has 28 rings (SSSR count). The topological polar surface area (TPSA) is 56.6 Å². The molecule has 112 heavy (non-hydrogen) atoms. The van der Waals surface area contributed by atoms with Gasteiger partial charge in [0, 0.05) is 65.8 Å². The van der Waals surface area contributed by atoms with Crippen LogP contribution in [0.25, 0.3) is 110 Å². The number of hydrogen-bond acceptors (Lipinski definition) is 4. The maximum Gasteiger partial charge on any atom is 0.256 e. The van der Waals surface area contributed by atoms with Gasteiger partial charge in [0.15, 0.2) is 0 Å². The summed E-state index contributed by atoms with van der Waals surface area (Å²) < 4.78 is 35.5. The van der Waals surface area contributed by atoms with Crippen molar-refractivity contribution in [3.8, 4) is 68.7 Å². The van der Waals surface area contributed by atoms with Crippen molar-refractivity contribution >= 4 is 180 Å². The van der Waals surface area contributed by atoms with Gasteiger partial charge in [0.25, 0.3) is 26.9 Å². The number of ether oxygens (including phenoxy) is 4. The van der Waals surface area contributed by atoms with Crippen molar-refractivity contribution in [3.63, 3.8) is 0 Å². The van der Waals surface area contributed by atoms with E-state index in [-0.39, 0.29) is 26.9 Å². The second kappa shape index (κ2) is 22.9. The smallest absolute Gasteiger partial charge is 0.256 e. The third-order valence-corrected chi connectivity index (χ3v) is 25.4. The summed E-state index contributed by atoms with van der Waals surface area (Å²) in [6, 6.07) is 114. The monoisotopic (exact) mass is 1430 g/mol. The minimum Gasteiger partial charge on any atom is -0.458 e. The molecule has 16 aromatic carbocycles. The van der Waals surface area contributed by atoms with Crippen LogP contribution in [0.1, 0.15) is 22.3 Å². The number of aryl methyl sites for hydroxylation is 4. The molecule has 0 bridgehead atoms. The van der Waals surface area contributed by atoms with Crippen LogP contribution in [0.5, 0.6) is 46.0 Å². The number of rotatable bonds is 0. The van der Waals surface area contributed by atoms with Crippen molar-refractivity contribution in [2.75, 3.05) is 0 Å². The predicted octanol–water partition coefficient (Wildman–Crippen LogP) is 16.1. The fraction of sp³-hybridized carbons (Fsp3) is 0.0400. The quantitative estimate of drug-likeness (QED) is 0.142. The number of hydrogen-bond donors (Lipinski definition) is 0. The van der Waals surface area contributed by atoms with Crippen LogP contribution in [0.15, 0.2) is 315 Å². The largest absolute Gasteiger partial charge is 0.458 e. The fourth-order valence-corrected chi connectivity index (χ4v) is 20.9. The van der Waals surface area contributed by atoms with Crippen LogP contribution in [0.2, 0.25) is 0 Å². The van der Waals surface area contributed by atoms with Crippen molar-refractivity contribution in [3.05, 3.63) is 338 Å². The minimum absolute atomic E-state index is 0.204. The van der Waals surface area contributed by atoms with Gasteiger partial charge in [-0.15, -0.1) is 0 Å². The van der Waals surface area contributed by atoms with E-state index < -0.39 is 0 Å². The molecule has 0 saturated carbocycles. The van der Waals surface area contributed by atoms with E-state index in [2.05, 4.69) is 361 Å². The Kier molecular flexibility index (Phi) is 12.7. The van der Waals surface area contributed by atoms with Crippen LogP contribution in [-0.2, 0) is 0 Å². The van der Waals surface area contributed by atoms with Gasteiger partial charge in [-0.1, -0.05) is 212 Å². The Morgan fingerprint density at radius 2 is 0.554 bits per heavy atom. The average molecular weight is 1430 g/mol. The molecule has 12 heteroatoms. The average Bonchev–Trinajstić information content (AvgIpc) is 1.51. The lowest BCUT2D eigenvalue weighted by Gasteiger charge is -2.33. The summed E-state index contributed by atoms with van der Waals surface area (Å²) in [6.45, 7) is 9.39. The van der Waals surface area contributed by atoms with Crippen molar-refractivity contribution in [1.82, 2.24) is 18.3 Å². The highest BCUT2D eigenvalue weighted by Crippen LogP contribution is 2.45. The van der Waals surface area contributed by atoms with Crippen LogP contribution in [0, 0.1) is 27.7 Å². The van der Waals surface area contributed by atoms with Crippen molar-refractivity contribution in [1.29, 1.82) is 0 Å². The van der Waals surface area contributed by atoms with E-state index in [1.54, 1.807) is 0 Å². The lowest BCUT2D eigenvalue weighted by atomic mass is 9.34. The van der Waals surface area contributed by atoms with Gasteiger partial charge in [-0.25, -0.2) is 0 Å². The van der Waals surface area contributed by atoms with Crippen molar-refractivity contribution in [2.45, 2.75) is 27.7 Å². The summed E-state index contributed by atoms with van der Waals surface area (Å²) >= 11 is 0. The van der Waals surface area contributed by atoms with Crippen molar-refractivity contribution in [2.24, 2.45) is 0 Å². The number of para-hydroxylation sites is 10. The first-order valence-corrected chi connectivity index (χ1v) is 39.0. The van der Waals surface area contributed by atoms with Gasteiger partial charge in [-0.05, 0) is 219 Å². The van der Waals surface area contributed by atoms with Gasteiger partial charge < -0.3 is 37.2 Å². The van der Waals surface area contributed by atoms with Crippen LogP contribution < -0.4 is 84.5 Å². The van der Waals surface area contributed by atoms with Crippen LogP contribution in [0.4, 0.5) is 0 Å². The van der Waals surface area contributed by atoms with E-state index in [1.807, 2.05) is 0 Å². The van der Waals surface area contributed by atoms with Gasteiger partial charge in [-0.2, -0.15) is 0 Å². The molecule has 520 valence electrons. The second-order valence-corrected chi connectivity index (χ2v) is 31.4. The minimum atomic E-state index is 0.204. The summed E-state index contributed by atoms with van der Waals surface area (Å²) in [6.07, 6.45) is 0. The molecule has 0 radical (unpaired) electrons. The number of fused-ring (bicyclic) bond motifs is 32. The van der Waals surface area contributed by atoms with E-state index in [1.165, 1.54) is 198 Å². The Balaban J connectivity index is 0.0000000847. The van der Waals surface area contributed by atoms with Gasteiger partial charge in [0.1, 0.15) is 46.0 Å². The molecule has 0 unspecified atom stereocenters. The van der Waals surface area contributed by atoms with Gasteiger partial charge in [0.2, 0.25) is 0 Å². The first kappa shape index (κ1) is 62.1. The van der Waals surface area contributed by atoms with E-state index in [9.17, 15) is 0 Å². The Bertz CT molecular complexity index is 7500. The molecule has 8 aliphatic rings. The lowest BCUT2D eigenvalue weighted by molar-refractivity contribution is 0.484. The standard InChI is InChI=1S/4C25H16BNO/c1-15-14-17-16-8-2-5-11-20(16)27-21-12-6-3-9-18(21)26-19-10-4-7-13-22(19)28-25(15)23(26)24(17)27;1-15-7-6-10-19-25(15)28-22-14-13-17-16-8-2-4-11-20(16)27-21-12-5-3-9-18(21)26(19)23(22)24(17)27;1-15-10-12-22-19(14-15)26-18-7-3-5-9-21(18)27-20-8-4-2-6-16(20)17-11-13-23(28-22)24(26)25(17)27;1-15-10-12-19-23(14-15)28-22-13-11-17-16-6-2-4-8-20(16)27-21-9-5-3-7-18(21)26(19)24(22)25(17)27/h4*2-14H,1H3. The molecule has 0 spiro atoms.